The van der Waals surface area contributed by atoms with Crippen LogP contribution in [-0.2, 0) is 7.05 Å². The number of fused-ring (bicyclic) bond motifs is 9. The highest BCUT2D eigenvalue weighted by Gasteiger charge is 2.17. The van der Waals surface area contributed by atoms with Crippen LogP contribution in [0.5, 0.6) is 0 Å². The fraction of sp³-hybridized carbons (Fsp3) is 0.0323. The molecule has 33 heavy (non-hydrogen) atoms. The van der Waals surface area contributed by atoms with Crippen molar-refractivity contribution in [1.29, 1.82) is 0 Å². The zero-order valence-electron chi connectivity index (χ0n) is 18.2. The van der Waals surface area contributed by atoms with Gasteiger partial charge in [-0.15, -0.1) is 0 Å². The van der Waals surface area contributed by atoms with Crippen molar-refractivity contribution in [3.8, 4) is 11.1 Å². The van der Waals surface area contributed by atoms with Gasteiger partial charge in [-0.3, -0.25) is 0 Å². The Morgan fingerprint density at radius 1 is 0.424 bits per heavy atom. The zero-order chi connectivity index (χ0) is 21.7. The van der Waals surface area contributed by atoms with Crippen LogP contribution in [0.25, 0.3) is 71.0 Å². The van der Waals surface area contributed by atoms with E-state index >= 15 is 0 Å². The number of para-hydroxylation sites is 3. The fourth-order valence-corrected chi connectivity index (χ4v) is 5.96. The molecule has 0 N–H and O–H groups in total. The maximum Gasteiger partial charge on any atom is 0.0620 e. The van der Waals surface area contributed by atoms with E-state index in [0.29, 0.717) is 0 Å². The molecule has 0 aliphatic carbocycles. The minimum Gasteiger partial charge on any atom is -0.344 e. The Hall–Kier alpha value is -4.30. The van der Waals surface area contributed by atoms with E-state index in [0.717, 1.165) is 0 Å². The molecular weight excluding hydrogens is 400 g/mol. The van der Waals surface area contributed by atoms with Crippen LogP contribution in [0.15, 0.2) is 103 Å². The summed E-state index contributed by atoms with van der Waals surface area (Å²) in [5.41, 5.74) is 8.93. The van der Waals surface area contributed by atoms with Crippen LogP contribution < -0.4 is 0 Å². The normalized spacial score (nSPS) is 12.4. The van der Waals surface area contributed by atoms with Gasteiger partial charge in [0.05, 0.1) is 16.6 Å². The van der Waals surface area contributed by atoms with Crippen molar-refractivity contribution in [3.63, 3.8) is 0 Å². The molecule has 3 heterocycles. The Balaban J connectivity index is 1.46. The maximum absolute atomic E-state index is 2.45. The molecule has 0 atom stereocenters. The molecule has 2 heteroatoms. The van der Waals surface area contributed by atoms with Crippen LogP contribution in [-0.4, -0.2) is 8.97 Å². The predicted molar refractivity (Wildman–Crippen MR) is 141 cm³/mol. The number of benzene rings is 5. The minimum absolute atomic E-state index is 1.25. The van der Waals surface area contributed by atoms with Crippen LogP contribution in [0.2, 0.25) is 0 Å². The second-order valence-corrected chi connectivity index (χ2v) is 9.09. The third-order valence-corrected chi connectivity index (χ3v) is 7.47. The third kappa shape index (κ3) is 2.08. The Kier molecular flexibility index (Phi) is 3.11. The van der Waals surface area contributed by atoms with Gasteiger partial charge in [0, 0.05) is 50.4 Å². The van der Waals surface area contributed by atoms with Crippen LogP contribution in [0.3, 0.4) is 0 Å². The largest absolute Gasteiger partial charge is 0.344 e. The number of rotatable bonds is 1. The van der Waals surface area contributed by atoms with Gasteiger partial charge in [-0.05, 0) is 41.5 Å². The van der Waals surface area contributed by atoms with Gasteiger partial charge in [-0.2, -0.15) is 0 Å². The second kappa shape index (κ2) is 5.93. The van der Waals surface area contributed by atoms with E-state index in [1.165, 1.54) is 71.0 Å². The summed E-state index contributed by atoms with van der Waals surface area (Å²) >= 11 is 0. The Labute approximate surface area is 190 Å². The Bertz CT molecular complexity index is 2030. The number of nitrogens with zero attached hydrogens (tertiary/aromatic N) is 2. The molecule has 0 saturated heterocycles. The molecule has 0 bridgehead atoms. The summed E-state index contributed by atoms with van der Waals surface area (Å²) in [4.78, 5) is 0. The highest BCUT2D eigenvalue weighted by atomic mass is 14.9. The minimum atomic E-state index is 1.25. The molecule has 0 spiro atoms. The predicted octanol–water partition coefficient (Wildman–Crippen LogP) is 8.15. The van der Waals surface area contributed by atoms with Crippen molar-refractivity contribution in [3.05, 3.63) is 103 Å². The first-order valence-corrected chi connectivity index (χ1v) is 11.4. The molecule has 8 rings (SSSR count). The lowest BCUT2D eigenvalue weighted by Crippen LogP contribution is -1.86. The summed E-state index contributed by atoms with van der Waals surface area (Å²) in [6, 6.07) is 37.9. The van der Waals surface area contributed by atoms with Crippen molar-refractivity contribution >= 4 is 59.9 Å². The summed E-state index contributed by atoms with van der Waals surface area (Å²) in [5.74, 6) is 0. The number of aryl methyl sites for hydroxylation is 1. The Morgan fingerprint density at radius 2 is 1.00 bits per heavy atom. The second-order valence-electron chi connectivity index (χ2n) is 9.09. The molecule has 0 fully saturated rings. The van der Waals surface area contributed by atoms with Gasteiger partial charge in [0.2, 0.25) is 0 Å². The molecule has 8 aromatic rings. The SMILES string of the molecule is Cn1c2ccccc2c2cc(-c3ccc4c5cccc6c7ccccc7n(c4c3)c65)ccc21. The lowest BCUT2D eigenvalue weighted by atomic mass is 10.0. The van der Waals surface area contributed by atoms with Gasteiger partial charge in [0.1, 0.15) is 0 Å². The van der Waals surface area contributed by atoms with Crippen molar-refractivity contribution < 1.29 is 0 Å². The zero-order valence-corrected chi connectivity index (χ0v) is 18.2. The van der Waals surface area contributed by atoms with Gasteiger partial charge < -0.3 is 8.97 Å². The van der Waals surface area contributed by atoms with E-state index in [-0.39, 0.29) is 0 Å². The first-order valence-electron chi connectivity index (χ1n) is 11.4. The molecule has 0 saturated carbocycles. The summed E-state index contributed by atoms with van der Waals surface area (Å²) in [6.45, 7) is 0. The van der Waals surface area contributed by atoms with E-state index < -0.39 is 0 Å². The molecule has 154 valence electrons. The molecule has 0 aliphatic heterocycles. The molecule has 0 amide bonds. The molecule has 5 aromatic carbocycles. The molecule has 0 unspecified atom stereocenters. The summed E-state index contributed by atoms with van der Waals surface area (Å²) < 4.78 is 4.74. The lowest BCUT2D eigenvalue weighted by molar-refractivity contribution is 1.01. The van der Waals surface area contributed by atoms with E-state index in [1.807, 2.05) is 0 Å². The van der Waals surface area contributed by atoms with Crippen molar-refractivity contribution in [2.24, 2.45) is 7.05 Å². The average Bonchev–Trinajstić information content (AvgIpc) is 3.49. The van der Waals surface area contributed by atoms with Crippen LogP contribution in [0.4, 0.5) is 0 Å². The fourth-order valence-electron chi connectivity index (χ4n) is 5.96. The first-order chi connectivity index (χ1) is 16.3. The molecule has 2 nitrogen and oxygen atoms in total. The van der Waals surface area contributed by atoms with Crippen molar-refractivity contribution in [1.82, 2.24) is 8.97 Å². The highest BCUT2D eigenvalue weighted by molar-refractivity contribution is 6.23. The van der Waals surface area contributed by atoms with Crippen LogP contribution >= 0.6 is 0 Å². The summed E-state index contributed by atoms with van der Waals surface area (Å²) in [5, 5.41) is 7.92. The van der Waals surface area contributed by atoms with Gasteiger partial charge >= 0.3 is 0 Å². The van der Waals surface area contributed by atoms with Crippen molar-refractivity contribution in [2.45, 2.75) is 0 Å². The monoisotopic (exact) mass is 420 g/mol. The number of aromatic nitrogens is 2. The van der Waals surface area contributed by atoms with E-state index in [1.54, 1.807) is 0 Å². The first kappa shape index (κ1) is 17.3. The van der Waals surface area contributed by atoms with E-state index in [2.05, 4.69) is 119 Å². The quantitative estimate of drug-likeness (QED) is 0.253. The van der Waals surface area contributed by atoms with Gasteiger partial charge in [-0.25, -0.2) is 0 Å². The number of hydrogen-bond donors (Lipinski definition) is 0. The smallest absolute Gasteiger partial charge is 0.0620 e. The van der Waals surface area contributed by atoms with Gasteiger partial charge in [0.25, 0.3) is 0 Å². The maximum atomic E-state index is 2.45. The molecule has 0 radical (unpaired) electrons. The average molecular weight is 421 g/mol. The highest BCUT2D eigenvalue weighted by Crippen LogP contribution is 2.40. The van der Waals surface area contributed by atoms with Crippen molar-refractivity contribution in [2.75, 3.05) is 0 Å². The number of hydrogen-bond acceptors (Lipinski definition) is 0. The van der Waals surface area contributed by atoms with E-state index in [4.69, 9.17) is 0 Å². The Morgan fingerprint density at radius 3 is 1.82 bits per heavy atom. The molecule has 3 aromatic heterocycles. The standard InChI is InChI=1S/C31H20N2/c1-32-27-11-4-2-8-22(27)26-17-19(14-16-28(26)32)20-13-15-23-25-10-6-9-24-21-7-3-5-12-29(21)33(31(24)25)30(23)18-20/h2-18H,1H3. The topological polar surface area (TPSA) is 9.34 Å². The van der Waals surface area contributed by atoms with E-state index in [9.17, 15) is 0 Å². The lowest BCUT2D eigenvalue weighted by Gasteiger charge is -2.05. The van der Waals surface area contributed by atoms with Crippen LogP contribution in [0, 0.1) is 0 Å². The van der Waals surface area contributed by atoms with Gasteiger partial charge in [0.15, 0.2) is 0 Å². The van der Waals surface area contributed by atoms with Crippen LogP contribution in [0.1, 0.15) is 0 Å². The summed E-state index contributed by atoms with van der Waals surface area (Å²) in [7, 11) is 2.15. The molecule has 0 aliphatic rings. The van der Waals surface area contributed by atoms with Gasteiger partial charge in [-0.1, -0.05) is 72.8 Å². The molecular formula is C31H20N2. The summed E-state index contributed by atoms with van der Waals surface area (Å²) in [6.07, 6.45) is 0. The third-order valence-electron chi connectivity index (χ3n) is 7.47.